The monoisotopic (exact) mass is 227 g/mol. The normalized spacial score (nSPS) is 9.73. The van der Waals surface area contributed by atoms with Gasteiger partial charge in [-0.1, -0.05) is 11.6 Å². The molecule has 6 heteroatoms. The highest BCUT2D eigenvalue weighted by molar-refractivity contribution is 6.31. The van der Waals surface area contributed by atoms with Gasteiger partial charge in [-0.05, 0) is 6.07 Å². The summed E-state index contributed by atoms with van der Waals surface area (Å²) in [5.41, 5.74) is -0.522. The largest absolute Gasteiger partial charge is 0.281 e. The molecule has 0 atom stereocenters. The molecule has 0 saturated carbocycles. The maximum Gasteiger partial charge on any atom is 0.281 e. The Balaban J connectivity index is 3.33. The zero-order chi connectivity index (χ0) is 11.4. The van der Waals surface area contributed by atoms with Crippen molar-refractivity contribution in [2.75, 3.05) is 0 Å². The van der Waals surface area contributed by atoms with Crippen LogP contribution < -0.4 is 0 Å². The van der Waals surface area contributed by atoms with Crippen molar-refractivity contribution in [3.05, 3.63) is 28.0 Å². The molecule has 1 rings (SSSR count). The molecule has 0 saturated heterocycles. The van der Waals surface area contributed by atoms with Gasteiger partial charge in [-0.15, -0.1) is 0 Å². The van der Waals surface area contributed by atoms with Gasteiger partial charge in [-0.2, -0.15) is 10.5 Å². The van der Waals surface area contributed by atoms with Crippen molar-refractivity contribution < 1.29 is 8.78 Å². The molecule has 76 valence electrons. The standard InChI is InChI=1S/C9H4ClF2N3/c10-6-3-5(4-14)7(1-2-13)15-8(6)9(11)12/h3,9H,1H2. The van der Waals surface area contributed by atoms with Gasteiger partial charge in [0, 0.05) is 0 Å². The third-order valence-corrected chi connectivity index (χ3v) is 1.96. The second kappa shape index (κ2) is 4.68. The SMILES string of the molecule is N#CCc1nc(C(F)F)c(Cl)cc1C#N. The molecule has 1 aromatic rings. The average molecular weight is 228 g/mol. The van der Waals surface area contributed by atoms with Gasteiger partial charge in [0.25, 0.3) is 6.43 Å². The van der Waals surface area contributed by atoms with Crippen LogP contribution in [0.25, 0.3) is 0 Å². The number of rotatable bonds is 2. The van der Waals surface area contributed by atoms with Crippen molar-refractivity contribution >= 4 is 11.6 Å². The average Bonchev–Trinajstić information content (AvgIpc) is 2.20. The number of aromatic nitrogens is 1. The van der Waals surface area contributed by atoms with E-state index in [9.17, 15) is 8.78 Å². The quantitative estimate of drug-likeness (QED) is 0.780. The van der Waals surface area contributed by atoms with E-state index in [-0.39, 0.29) is 22.7 Å². The fourth-order valence-corrected chi connectivity index (χ4v) is 1.24. The summed E-state index contributed by atoms with van der Waals surface area (Å²) in [6.45, 7) is 0. The molecule has 3 nitrogen and oxygen atoms in total. The lowest BCUT2D eigenvalue weighted by Gasteiger charge is -2.05. The molecule has 0 aliphatic rings. The van der Waals surface area contributed by atoms with E-state index in [1.165, 1.54) is 0 Å². The molecule has 0 unspecified atom stereocenters. The first-order chi connectivity index (χ1) is 7.10. The summed E-state index contributed by atoms with van der Waals surface area (Å²) in [5, 5.41) is 16.8. The predicted molar refractivity (Wildman–Crippen MR) is 48.2 cm³/mol. The highest BCUT2D eigenvalue weighted by atomic mass is 35.5. The van der Waals surface area contributed by atoms with Crippen LogP contribution in [0, 0.1) is 22.7 Å². The molecular weight excluding hydrogens is 224 g/mol. The smallest absolute Gasteiger partial charge is 0.248 e. The fraction of sp³-hybridized carbons (Fsp3) is 0.222. The van der Waals surface area contributed by atoms with Gasteiger partial charge in [0.15, 0.2) is 0 Å². The van der Waals surface area contributed by atoms with Crippen LogP contribution in [0.1, 0.15) is 23.4 Å². The van der Waals surface area contributed by atoms with Crippen LogP contribution >= 0.6 is 11.6 Å². The Hall–Kier alpha value is -1.72. The van der Waals surface area contributed by atoms with Crippen LogP contribution in [0.2, 0.25) is 5.02 Å². The van der Waals surface area contributed by atoms with Gasteiger partial charge in [-0.3, -0.25) is 0 Å². The highest BCUT2D eigenvalue weighted by Crippen LogP contribution is 2.26. The van der Waals surface area contributed by atoms with Crippen LogP contribution in [0.4, 0.5) is 8.78 Å². The van der Waals surface area contributed by atoms with E-state index in [0.29, 0.717) is 0 Å². The lowest BCUT2D eigenvalue weighted by Crippen LogP contribution is -2.00. The summed E-state index contributed by atoms with van der Waals surface area (Å²) in [4.78, 5) is 3.51. The number of hydrogen-bond acceptors (Lipinski definition) is 3. The fourth-order valence-electron chi connectivity index (χ4n) is 1.00. The Labute approximate surface area is 89.5 Å². The zero-order valence-corrected chi connectivity index (χ0v) is 8.09. The Bertz CT molecular complexity index is 460. The summed E-state index contributed by atoms with van der Waals surface area (Å²) >= 11 is 5.50. The first-order valence-corrected chi connectivity index (χ1v) is 4.22. The molecule has 1 aromatic heterocycles. The summed E-state index contributed by atoms with van der Waals surface area (Å²) in [6, 6.07) is 4.59. The zero-order valence-electron chi connectivity index (χ0n) is 7.34. The van der Waals surface area contributed by atoms with Gasteiger partial charge in [-0.25, -0.2) is 13.8 Å². The molecule has 0 aliphatic heterocycles. The van der Waals surface area contributed by atoms with E-state index >= 15 is 0 Å². The molecule has 0 amide bonds. The number of nitriles is 2. The number of hydrogen-bond donors (Lipinski definition) is 0. The minimum atomic E-state index is -2.82. The second-order valence-electron chi connectivity index (χ2n) is 2.60. The lowest BCUT2D eigenvalue weighted by molar-refractivity contribution is 0.146. The van der Waals surface area contributed by atoms with E-state index in [1.807, 2.05) is 0 Å². The maximum atomic E-state index is 12.4. The molecular formula is C9H4ClF2N3. The van der Waals surface area contributed by atoms with E-state index in [0.717, 1.165) is 6.07 Å². The van der Waals surface area contributed by atoms with E-state index in [2.05, 4.69) is 4.98 Å². The third-order valence-electron chi connectivity index (χ3n) is 1.66. The molecule has 0 aliphatic carbocycles. The van der Waals surface area contributed by atoms with Crippen molar-refractivity contribution in [3.63, 3.8) is 0 Å². The lowest BCUT2D eigenvalue weighted by atomic mass is 10.1. The minimum Gasteiger partial charge on any atom is -0.248 e. The Morgan fingerprint density at radius 1 is 1.47 bits per heavy atom. The minimum absolute atomic E-state index is 0.0275. The predicted octanol–water partition coefficient (Wildman–Crippen LogP) is 2.61. The number of pyridine rings is 1. The molecule has 0 N–H and O–H groups in total. The molecule has 15 heavy (non-hydrogen) atoms. The summed E-state index contributed by atoms with van der Waals surface area (Å²) < 4.78 is 24.7. The van der Waals surface area contributed by atoms with Crippen molar-refractivity contribution in [1.82, 2.24) is 4.98 Å². The van der Waals surface area contributed by atoms with Gasteiger partial charge < -0.3 is 0 Å². The molecule has 0 fully saturated rings. The Morgan fingerprint density at radius 3 is 2.60 bits per heavy atom. The first kappa shape index (κ1) is 11.4. The van der Waals surface area contributed by atoms with Crippen LogP contribution in [-0.2, 0) is 6.42 Å². The molecule has 0 aromatic carbocycles. The van der Waals surface area contributed by atoms with Crippen LogP contribution in [0.15, 0.2) is 6.07 Å². The Kier molecular flexibility index (Phi) is 3.54. The van der Waals surface area contributed by atoms with Gasteiger partial charge in [0.2, 0.25) is 0 Å². The molecule has 0 radical (unpaired) electrons. The van der Waals surface area contributed by atoms with Crippen molar-refractivity contribution in [2.45, 2.75) is 12.8 Å². The van der Waals surface area contributed by atoms with E-state index < -0.39 is 12.1 Å². The molecule has 0 spiro atoms. The highest BCUT2D eigenvalue weighted by Gasteiger charge is 2.17. The van der Waals surface area contributed by atoms with Crippen LogP contribution in [0.3, 0.4) is 0 Å². The van der Waals surface area contributed by atoms with Crippen molar-refractivity contribution in [3.8, 4) is 12.1 Å². The summed E-state index contributed by atoms with van der Waals surface area (Å²) in [6.07, 6.45) is -3.01. The van der Waals surface area contributed by atoms with Gasteiger partial charge in [0.1, 0.15) is 11.8 Å². The third kappa shape index (κ3) is 2.39. The van der Waals surface area contributed by atoms with E-state index in [4.69, 9.17) is 22.1 Å². The summed E-state index contributed by atoms with van der Waals surface area (Å²) in [5.74, 6) is 0. The van der Waals surface area contributed by atoms with Crippen LogP contribution in [0.5, 0.6) is 0 Å². The molecule has 1 heterocycles. The number of alkyl halides is 2. The second-order valence-corrected chi connectivity index (χ2v) is 3.00. The van der Waals surface area contributed by atoms with Crippen molar-refractivity contribution in [1.29, 1.82) is 10.5 Å². The van der Waals surface area contributed by atoms with Gasteiger partial charge >= 0.3 is 0 Å². The van der Waals surface area contributed by atoms with E-state index in [1.54, 1.807) is 12.1 Å². The first-order valence-electron chi connectivity index (χ1n) is 3.84. The maximum absolute atomic E-state index is 12.4. The number of halogens is 3. The van der Waals surface area contributed by atoms with Gasteiger partial charge in [0.05, 0.1) is 28.8 Å². The topological polar surface area (TPSA) is 60.5 Å². The summed E-state index contributed by atoms with van der Waals surface area (Å²) in [7, 11) is 0. The van der Waals surface area contributed by atoms with Crippen molar-refractivity contribution in [2.24, 2.45) is 0 Å². The molecule has 0 bridgehead atoms. The Morgan fingerprint density at radius 2 is 2.13 bits per heavy atom. The van der Waals surface area contributed by atoms with Crippen LogP contribution in [-0.4, -0.2) is 4.98 Å². The number of nitrogens with zero attached hydrogens (tertiary/aromatic N) is 3.